The van der Waals surface area contributed by atoms with E-state index in [1.165, 1.54) is 0 Å². The van der Waals surface area contributed by atoms with Gasteiger partial charge in [-0.25, -0.2) is 4.98 Å². The summed E-state index contributed by atoms with van der Waals surface area (Å²) in [7, 11) is 0. The van der Waals surface area contributed by atoms with E-state index in [-0.39, 0.29) is 23.6 Å². The fourth-order valence-corrected chi connectivity index (χ4v) is 6.05. The number of hydrazine groups is 2. The number of aliphatic hydroxyl groups is 1. The van der Waals surface area contributed by atoms with Crippen LogP contribution in [0.25, 0.3) is 21.1 Å². The largest absolute Gasteiger partial charge is 0.394 e. The number of nitrogens with one attached hydrogen (secondary N) is 4. The Hall–Kier alpha value is -3.62. The number of hydrogen-bond donors (Lipinski definition) is 5. The molecular formula is C29H31ClN8OS. The summed E-state index contributed by atoms with van der Waals surface area (Å²) in [5, 5.41) is 30.2. The van der Waals surface area contributed by atoms with Crippen molar-refractivity contribution in [3.63, 3.8) is 0 Å². The molecule has 3 heterocycles. The molecule has 0 saturated heterocycles. The van der Waals surface area contributed by atoms with E-state index in [2.05, 4.69) is 64.5 Å². The van der Waals surface area contributed by atoms with Crippen LogP contribution in [0.3, 0.4) is 0 Å². The van der Waals surface area contributed by atoms with Crippen LogP contribution >= 0.6 is 22.9 Å². The quantitative estimate of drug-likeness (QED) is 0.181. The van der Waals surface area contributed by atoms with E-state index < -0.39 is 0 Å². The third-order valence-electron chi connectivity index (χ3n) is 7.38. The Morgan fingerprint density at radius 2 is 2.10 bits per heavy atom. The van der Waals surface area contributed by atoms with Gasteiger partial charge in [0.05, 0.1) is 61.4 Å². The number of thiazole rings is 1. The summed E-state index contributed by atoms with van der Waals surface area (Å²) in [6.07, 6.45) is 5.43. The molecule has 0 radical (unpaired) electrons. The van der Waals surface area contributed by atoms with Gasteiger partial charge in [-0.2, -0.15) is 5.26 Å². The van der Waals surface area contributed by atoms with Crippen LogP contribution in [0.5, 0.6) is 0 Å². The van der Waals surface area contributed by atoms with Crippen molar-refractivity contribution in [2.75, 3.05) is 23.8 Å². The molecule has 0 spiro atoms. The molecule has 2 aromatic heterocycles. The molecule has 0 amide bonds. The van der Waals surface area contributed by atoms with Gasteiger partial charge in [-0.1, -0.05) is 44.5 Å². The monoisotopic (exact) mass is 574 g/mol. The maximum Gasteiger partial charge on any atom is 0.103 e. The van der Waals surface area contributed by atoms with E-state index in [4.69, 9.17) is 11.6 Å². The Kier molecular flexibility index (Phi) is 6.71. The van der Waals surface area contributed by atoms with Crippen molar-refractivity contribution in [2.45, 2.75) is 45.2 Å². The van der Waals surface area contributed by atoms with Gasteiger partial charge in [-0.05, 0) is 42.0 Å². The van der Waals surface area contributed by atoms with Gasteiger partial charge in [0.1, 0.15) is 6.07 Å². The molecule has 6 rings (SSSR count). The van der Waals surface area contributed by atoms with E-state index in [0.717, 1.165) is 51.1 Å². The lowest BCUT2D eigenvalue weighted by Gasteiger charge is -2.24. The number of anilines is 2. The SMILES string of the molecule is CC(C)(C)CNc1c(C#N)cnc2c(Cl)cc(N[C@H](C3=CN(C4(CO)CC4)NN3)c3cccc4ncsc34)cc12. The van der Waals surface area contributed by atoms with Crippen LogP contribution in [0, 0.1) is 16.7 Å². The topological polar surface area (TPSA) is 121 Å². The van der Waals surface area contributed by atoms with Crippen molar-refractivity contribution in [1.82, 2.24) is 25.9 Å². The molecule has 2 aliphatic rings. The summed E-state index contributed by atoms with van der Waals surface area (Å²) in [6.45, 7) is 7.18. The number of rotatable bonds is 8. The molecule has 1 fully saturated rings. The Balaban J connectivity index is 1.44. The van der Waals surface area contributed by atoms with Gasteiger partial charge in [-0.15, -0.1) is 16.9 Å². The molecule has 11 heteroatoms. The zero-order chi connectivity index (χ0) is 28.1. The van der Waals surface area contributed by atoms with Crippen molar-refractivity contribution in [1.29, 1.82) is 5.26 Å². The standard InChI is InChI=1S/C29H31ClN8OS/c1-28(2,3)14-33-24-17(11-31)12-32-25-20(24)9-18(10-21(25)30)35-26(19-5-4-6-22-27(19)40-16-34-22)23-13-38(37-36-23)29(15-39)7-8-29/h4-6,9-10,12-13,16,26,35-37,39H,7-8,14-15H2,1-3H3,(H,32,33)/t26-/m0/s1. The number of halogens is 1. The summed E-state index contributed by atoms with van der Waals surface area (Å²) in [5.74, 6) is 0. The number of aliphatic hydroxyl groups excluding tert-OH is 1. The fourth-order valence-electron chi connectivity index (χ4n) is 4.95. The second-order valence-corrected chi connectivity index (χ2v) is 12.9. The molecule has 0 unspecified atom stereocenters. The van der Waals surface area contributed by atoms with Crippen LogP contribution in [0.4, 0.5) is 11.4 Å². The van der Waals surface area contributed by atoms with Crippen molar-refractivity contribution in [3.05, 3.63) is 70.1 Å². The first-order chi connectivity index (χ1) is 19.2. The highest BCUT2D eigenvalue weighted by Gasteiger charge is 2.49. The molecule has 206 valence electrons. The van der Waals surface area contributed by atoms with E-state index in [9.17, 15) is 10.4 Å². The number of benzene rings is 2. The molecule has 2 aromatic carbocycles. The first kappa shape index (κ1) is 26.6. The highest BCUT2D eigenvalue weighted by molar-refractivity contribution is 7.17. The molecule has 5 N–H and O–H groups in total. The Labute approximate surface area is 241 Å². The van der Waals surface area contributed by atoms with Gasteiger partial charge in [0.25, 0.3) is 0 Å². The summed E-state index contributed by atoms with van der Waals surface area (Å²) in [6, 6.07) is 12.0. The van der Waals surface area contributed by atoms with Gasteiger partial charge in [0.2, 0.25) is 0 Å². The molecule has 9 nitrogen and oxygen atoms in total. The normalized spacial score (nSPS) is 16.9. The average Bonchev–Trinajstić information content (AvgIpc) is 3.31. The lowest BCUT2D eigenvalue weighted by Crippen LogP contribution is -2.46. The number of hydrogen-bond acceptors (Lipinski definition) is 10. The maximum absolute atomic E-state index is 9.99. The summed E-state index contributed by atoms with van der Waals surface area (Å²) < 4.78 is 1.08. The molecule has 1 aliphatic heterocycles. The average molecular weight is 575 g/mol. The Morgan fingerprint density at radius 1 is 1.27 bits per heavy atom. The number of pyridine rings is 1. The van der Waals surface area contributed by atoms with Crippen LogP contribution in [-0.4, -0.2) is 38.8 Å². The zero-order valence-corrected chi connectivity index (χ0v) is 24.1. The third kappa shape index (κ3) is 4.90. The van der Waals surface area contributed by atoms with E-state index in [1.54, 1.807) is 17.5 Å². The Bertz CT molecular complexity index is 1670. The van der Waals surface area contributed by atoms with Crippen LogP contribution in [0.15, 0.2) is 53.9 Å². The number of nitriles is 1. The highest BCUT2D eigenvalue weighted by Crippen LogP contribution is 2.43. The van der Waals surface area contributed by atoms with Gasteiger partial charge in [0.15, 0.2) is 0 Å². The first-order valence-corrected chi connectivity index (χ1v) is 14.5. The lowest BCUT2D eigenvalue weighted by molar-refractivity contribution is 0.106. The van der Waals surface area contributed by atoms with Crippen LogP contribution < -0.4 is 21.6 Å². The summed E-state index contributed by atoms with van der Waals surface area (Å²) in [5.41, 5.74) is 13.6. The molecule has 1 atom stereocenters. The lowest BCUT2D eigenvalue weighted by atomic mass is 9.96. The first-order valence-electron chi connectivity index (χ1n) is 13.2. The van der Waals surface area contributed by atoms with E-state index >= 15 is 0 Å². The van der Waals surface area contributed by atoms with Gasteiger partial charge in [-0.3, -0.25) is 9.99 Å². The van der Waals surface area contributed by atoms with E-state index in [1.807, 2.05) is 41.0 Å². The second kappa shape index (κ2) is 10.1. The fraction of sp³-hybridized carbons (Fsp3) is 0.345. The predicted molar refractivity (Wildman–Crippen MR) is 161 cm³/mol. The van der Waals surface area contributed by atoms with Crippen molar-refractivity contribution in [2.24, 2.45) is 5.41 Å². The highest BCUT2D eigenvalue weighted by atomic mass is 35.5. The number of fused-ring (bicyclic) bond motifs is 2. The summed E-state index contributed by atoms with van der Waals surface area (Å²) >= 11 is 8.39. The minimum atomic E-state index is -0.289. The molecule has 0 bridgehead atoms. The molecule has 4 aromatic rings. The van der Waals surface area contributed by atoms with Gasteiger partial charge < -0.3 is 21.2 Å². The third-order valence-corrected chi connectivity index (χ3v) is 8.56. The smallest absolute Gasteiger partial charge is 0.103 e. The predicted octanol–water partition coefficient (Wildman–Crippen LogP) is 5.67. The van der Waals surface area contributed by atoms with Crippen molar-refractivity contribution in [3.8, 4) is 6.07 Å². The minimum Gasteiger partial charge on any atom is -0.394 e. The van der Waals surface area contributed by atoms with Crippen molar-refractivity contribution < 1.29 is 5.11 Å². The van der Waals surface area contributed by atoms with Crippen molar-refractivity contribution >= 4 is 55.4 Å². The Morgan fingerprint density at radius 3 is 2.83 bits per heavy atom. The second-order valence-electron chi connectivity index (χ2n) is 11.6. The molecule has 1 aliphatic carbocycles. The minimum absolute atomic E-state index is 0.00742. The number of nitrogens with zero attached hydrogens (tertiary/aromatic N) is 4. The summed E-state index contributed by atoms with van der Waals surface area (Å²) in [4.78, 5) is 9.03. The van der Waals surface area contributed by atoms with Crippen LogP contribution in [0.1, 0.15) is 50.8 Å². The van der Waals surface area contributed by atoms with Gasteiger partial charge in [0, 0.05) is 30.0 Å². The van der Waals surface area contributed by atoms with Gasteiger partial charge >= 0.3 is 0 Å². The maximum atomic E-state index is 9.99. The number of aromatic nitrogens is 2. The zero-order valence-electron chi connectivity index (χ0n) is 22.5. The molecule has 1 saturated carbocycles. The van der Waals surface area contributed by atoms with Crippen LogP contribution in [-0.2, 0) is 0 Å². The molecule has 40 heavy (non-hydrogen) atoms. The van der Waals surface area contributed by atoms with Crippen LogP contribution in [0.2, 0.25) is 5.02 Å². The van der Waals surface area contributed by atoms with E-state index in [0.29, 0.717) is 22.6 Å². The molecular weight excluding hydrogens is 544 g/mol.